The average Bonchev–Trinajstić information content (AvgIpc) is 2.99. The lowest BCUT2D eigenvalue weighted by atomic mass is 9.99. The molecule has 8 nitrogen and oxygen atoms in total. The maximum absolute atomic E-state index is 13.0. The van der Waals surface area contributed by atoms with Crippen molar-refractivity contribution >= 4 is 33.4 Å². The highest BCUT2D eigenvalue weighted by molar-refractivity contribution is 7.90. The number of amides is 2. The van der Waals surface area contributed by atoms with E-state index in [4.69, 9.17) is 5.73 Å². The molecule has 2 amide bonds. The molecule has 0 bridgehead atoms. The maximum Gasteiger partial charge on any atom is 0.285 e. The normalized spacial score (nSPS) is 19.9. The van der Waals surface area contributed by atoms with Gasteiger partial charge in [-0.15, -0.1) is 4.40 Å². The Morgan fingerprint density at radius 2 is 1.79 bits per heavy atom. The molecule has 4 rings (SSSR count). The first-order valence-electron chi connectivity index (χ1n) is 9.28. The number of sulfonamides is 1. The Bertz CT molecular complexity index is 1110. The van der Waals surface area contributed by atoms with Crippen LogP contribution < -0.4 is 11.1 Å². The number of nitrogens with one attached hydrogen (secondary N) is 1. The number of carbonyl (C=O) groups excluding carboxylic acids is 2. The fraction of sp³-hybridized carbons (Fsp3) is 0.250. The van der Waals surface area contributed by atoms with Gasteiger partial charge in [0.1, 0.15) is 10.9 Å². The summed E-state index contributed by atoms with van der Waals surface area (Å²) in [6.45, 7) is 0.543. The van der Waals surface area contributed by atoms with E-state index >= 15 is 0 Å². The topological polar surface area (TPSA) is 122 Å². The van der Waals surface area contributed by atoms with E-state index in [1.807, 2.05) is 0 Å². The van der Waals surface area contributed by atoms with Gasteiger partial charge < -0.3 is 16.0 Å². The minimum absolute atomic E-state index is 0.168. The zero-order valence-electron chi connectivity index (χ0n) is 15.5. The molecule has 1 fully saturated rings. The highest BCUT2D eigenvalue weighted by Crippen LogP contribution is 2.31. The van der Waals surface area contributed by atoms with Gasteiger partial charge in [-0.05, 0) is 55.7 Å². The van der Waals surface area contributed by atoms with E-state index in [9.17, 15) is 18.0 Å². The van der Waals surface area contributed by atoms with Crippen molar-refractivity contribution in [3.63, 3.8) is 0 Å². The number of amidine groups is 1. The number of hydrogen-bond acceptors (Lipinski definition) is 5. The molecule has 0 radical (unpaired) electrons. The highest BCUT2D eigenvalue weighted by atomic mass is 32.2. The third-order valence-electron chi connectivity index (χ3n) is 5.13. The highest BCUT2D eigenvalue weighted by Gasteiger charge is 2.37. The summed E-state index contributed by atoms with van der Waals surface area (Å²) in [4.78, 5) is 26.1. The lowest BCUT2D eigenvalue weighted by Crippen LogP contribution is -2.50. The molecule has 0 unspecified atom stereocenters. The second kappa shape index (κ2) is 7.32. The SMILES string of the molecule is NC(=O)c1ccc(NC(=O)[C@@H]2CCCCN2C2=NS(=O)(=O)c3ccccc32)cc1. The van der Waals surface area contributed by atoms with Gasteiger partial charge in [-0.25, -0.2) is 0 Å². The first-order valence-corrected chi connectivity index (χ1v) is 10.7. The smallest absolute Gasteiger partial charge is 0.285 e. The van der Waals surface area contributed by atoms with Gasteiger partial charge in [0.15, 0.2) is 5.84 Å². The van der Waals surface area contributed by atoms with E-state index in [0.717, 1.165) is 12.8 Å². The molecule has 0 saturated carbocycles. The molecule has 150 valence electrons. The Morgan fingerprint density at radius 1 is 1.07 bits per heavy atom. The molecule has 3 N–H and O–H groups in total. The standard InChI is InChI=1S/C20H20N4O4S/c21-18(25)13-8-10-14(11-9-13)22-20(26)16-6-3-4-12-24(16)19-15-5-1-2-7-17(15)29(27,28)23-19/h1-2,5,7-11,16H,3-4,6,12H2,(H2,21,25)(H,22,26)/t16-/m0/s1. The third kappa shape index (κ3) is 3.61. The van der Waals surface area contributed by atoms with Crippen LogP contribution in [0.5, 0.6) is 0 Å². The zero-order valence-corrected chi connectivity index (χ0v) is 16.4. The van der Waals surface area contributed by atoms with Crippen LogP contribution in [0.15, 0.2) is 57.8 Å². The summed E-state index contributed by atoms with van der Waals surface area (Å²) in [6.07, 6.45) is 2.29. The van der Waals surface area contributed by atoms with Crippen molar-refractivity contribution in [2.75, 3.05) is 11.9 Å². The quantitative estimate of drug-likeness (QED) is 0.795. The molecule has 29 heavy (non-hydrogen) atoms. The van der Waals surface area contributed by atoms with Gasteiger partial charge in [0.05, 0.1) is 0 Å². The van der Waals surface area contributed by atoms with Crippen LogP contribution in [0.25, 0.3) is 0 Å². The minimum Gasteiger partial charge on any atom is -0.366 e. The minimum atomic E-state index is -3.75. The first kappa shape index (κ1) is 19.1. The van der Waals surface area contributed by atoms with Crippen LogP contribution in [-0.2, 0) is 14.8 Å². The predicted molar refractivity (Wildman–Crippen MR) is 108 cm³/mol. The van der Waals surface area contributed by atoms with Crippen molar-refractivity contribution in [1.29, 1.82) is 0 Å². The second-order valence-electron chi connectivity index (χ2n) is 7.02. The molecule has 2 aliphatic heterocycles. The van der Waals surface area contributed by atoms with Gasteiger partial charge in [-0.3, -0.25) is 9.59 Å². The molecule has 2 aliphatic rings. The third-order valence-corrected chi connectivity index (χ3v) is 6.45. The second-order valence-corrected chi connectivity index (χ2v) is 8.59. The summed E-state index contributed by atoms with van der Waals surface area (Å²) in [6, 6.07) is 12.4. The van der Waals surface area contributed by atoms with Crippen LogP contribution in [0.3, 0.4) is 0 Å². The van der Waals surface area contributed by atoms with Crippen molar-refractivity contribution in [3.8, 4) is 0 Å². The molecule has 0 aliphatic carbocycles. The summed E-state index contributed by atoms with van der Waals surface area (Å²) in [5.41, 5.74) is 6.65. The lowest BCUT2D eigenvalue weighted by molar-refractivity contribution is -0.120. The van der Waals surface area contributed by atoms with Gasteiger partial charge in [0, 0.05) is 23.4 Å². The van der Waals surface area contributed by atoms with E-state index < -0.39 is 22.0 Å². The molecule has 0 spiro atoms. The fourth-order valence-corrected chi connectivity index (χ4v) is 4.91. The number of hydrogen-bond donors (Lipinski definition) is 2. The van der Waals surface area contributed by atoms with Gasteiger partial charge in [0.2, 0.25) is 11.8 Å². The number of fused-ring (bicyclic) bond motifs is 1. The van der Waals surface area contributed by atoms with Crippen LogP contribution >= 0.6 is 0 Å². The molecule has 2 heterocycles. The number of likely N-dealkylation sites (tertiary alicyclic amines) is 1. The Hall–Kier alpha value is -3.20. The van der Waals surface area contributed by atoms with Crippen LogP contribution in [0.1, 0.15) is 35.2 Å². The van der Waals surface area contributed by atoms with Crippen molar-refractivity contribution in [2.24, 2.45) is 10.1 Å². The Balaban J connectivity index is 1.60. The summed E-state index contributed by atoms with van der Waals surface area (Å²) < 4.78 is 28.8. The molecular weight excluding hydrogens is 392 g/mol. The monoisotopic (exact) mass is 412 g/mol. The van der Waals surface area contributed by atoms with Gasteiger partial charge in [0.25, 0.3) is 10.0 Å². The van der Waals surface area contributed by atoms with Gasteiger partial charge in [-0.1, -0.05) is 12.1 Å². The molecule has 2 aromatic rings. The number of primary amides is 1. The number of rotatable bonds is 3. The van der Waals surface area contributed by atoms with E-state index in [0.29, 0.717) is 35.6 Å². The van der Waals surface area contributed by atoms with E-state index in [1.165, 1.54) is 6.07 Å². The first-order chi connectivity index (χ1) is 13.9. The number of carbonyl (C=O) groups is 2. The molecule has 1 saturated heterocycles. The van der Waals surface area contributed by atoms with Crippen LogP contribution in [0.2, 0.25) is 0 Å². The molecule has 0 aromatic heterocycles. The summed E-state index contributed by atoms with van der Waals surface area (Å²) in [5.74, 6) is -0.467. The number of piperidine rings is 1. The molecule has 2 aromatic carbocycles. The molecule has 1 atom stereocenters. The van der Waals surface area contributed by atoms with Crippen molar-refractivity contribution in [1.82, 2.24) is 4.90 Å². The number of benzene rings is 2. The van der Waals surface area contributed by atoms with Crippen LogP contribution in [0, 0.1) is 0 Å². The molecular formula is C20H20N4O4S. The van der Waals surface area contributed by atoms with E-state index in [-0.39, 0.29) is 10.8 Å². The number of nitrogens with zero attached hydrogens (tertiary/aromatic N) is 2. The molecule has 9 heteroatoms. The van der Waals surface area contributed by atoms with Crippen molar-refractivity contribution in [3.05, 3.63) is 59.7 Å². The van der Waals surface area contributed by atoms with Crippen molar-refractivity contribution in [2.45, 2.75) is 30.2 Å². The largest absolute Gasteiger partial charge is 0.366 e. The predicted octanol–water partition coefficient (Wildman–Crippen LogP) is 1.73. The zero-order chi connectivity index (χ0) is 20.6. The summed E-state index contributed by atoms with van der Waals surface area (Å²) in [5, 5.41) is 2.84. The van der Waals surface area contributed by atoms with Crippen LogP contribution in [-0.4, -0.2) is 43.6 Å². The van der Waals surface area contributed by atoms with Crippen molar-refractivity contribution < 1.29 is 18.0 Å². The van der Waals surface area contributed by atoms with E-state index in [2.05, 4.69) is 9.71 Å². The lowest BCUT2D eigenvalue weighted by Gasteiger charge is -2.36. The summed E-state index contributed by atoms with van der Waals surface area (Å²) >= 11 is 0. The van der Waals surface area contributed by atoms with E-state index in [1.54, 1.807) is 47.4 Å². The van der Waals surface area contributed by atoms with Gasteiger partial charge in [-0.2, -0.15) is 8.42 Å². The van der Waals surface area contributed by atoms with Crippen LogP contribution in [0.4, 0.5) is 5.69 Å². The Kier molecular flexibility index (Phi) is 4.83. The Labute approximate surface area is 168 Å². The van der Waals surface area contributed by atoms with Gasteiger partial charge >= 0.3 is 0 Å². The fourth-order valence-electron chi connectivity index (χ4n) is 3.70. The number of anilines is 1. The Morgan fingerprint density at radius 3 is 2.52 bits per heavy atom. The summed E-state index contributed by atoms with van der Waals surface area (Å²) in [7, 11) is -3.75. The average molecular weight is 412 g/mol. The maximum atomic E-state index is 13.0. The number of nitrogens with two attached hydrogens (primary N) is 1.